The van der Waals surface area contributed by atoms with Gasteiger partial charge in [0.15, 0.2) is 0 Å². The van der Waals surface area contributed by atoms with Gasteiger partial charge in [-0.25, -0.2) is 4.98 Å². The molecule has 0 aliphatic heterocycles. The van der Waals surface area contributed by atoms with Gasteiger partial charge in [0.1, 0.15) is 6.33 Å². The maximum absolute atomic E-state index is 10.9. The number of benzene rings is 1. The zero-order valence-electron chi connectivity index (χ0n) is 8.08. The standard InChI is InChI=1S/C12H10N2O/c15-10-14-9-13-8-4-3-6-11-5-1-2-7-12(11)14/h1-10H. The minimum absolute atomic E-state index is 0.745. The number of para-hydroxylation sites is 1. The van der Waals surface area contributed by atoms with Crippen LogP contribution >= 0.6 is 0 Å². The lowest BCUT2D eigenvalue weighted by molar-refractivity contribution is 0.548. The SMILES string of the molecule is O=Cn1cnccccc2ccccc21. The second-order valence-corrected chi connectivity index (χ2v) is 3.04. The van der Waals surface area contributed by atoms with Crippen molar-refractivity contribution in [1.29, 1.82) is 0 Å². The van der Waals surface area contributed by atoms with E-state index in [9.17, 15) is 4.79 Å². The van der Waals surface area contributed by atoms with E-state index in [1.54, 1.807) is 6.20 Å². The normalized spacial score (nSPS) is 9.60. The molecule has 0 radical (unpaired) electrons. The van der Waals surface area contributed by atoms with E-state index in [-0.39, 0.29) is 0 Å². The van der Waals surface area contributed by atoms with Crippen molar-refractivity contribution in [2.45, 2.75) is 0 Å². The number of fused-ring (bicyclic) bond motifs is 1. The largest absolute Gasteiger partial charge is 0.278 e. The molecule has 0 aliphatic rings. The van der Waals surface area contributed by atoms with Crippen LogP contribution in [0.5, 0.6) is 0 Å². The van der Waals surface area contributed by atoms with Crippen LogP contribution in [0.3, 0.4) is 0 Å². The summed E-state index contributed by atoms with van der Waals surface area (Å²) in [6.07, 6.45) is 3.88. The summed E-state index contributed by atoms with van der Waals surface area (Å²) in [7, 11) is 0. The van der Waals surface area contributed by atoms with Gasteiger partial charge >= 0.3 is 0 Å². The molecule has 0 saturated carbocycles. The summed E-state index contributed by atoms with van der Waals surface area (Å²) in [5.41, 5.74) is 0.830. The highest BCUT2D eigenvalue weighted by atomic mass is 16.1. The Morgan fingerprint density at radius 2 is 1.80 bits per heavy atom. The van der Waals surface area contributed by atoms with Crippen LogP contribution in [0.1, 0.15) is 0 Å². The van der Waals surface area contributed by atoms with Crippen molar-refractivity contribution < 1.29 is 4.79 Å². The van der Waals surface area contributed by atoms with Crippen LogP contribution in [0, 0.1) is 0 Å². The highest BCUT2D eigenvalue weighted by Gasteiger charge is 1.91. The van der Waals surface area contributed by atoms with Gasteiger partial charge in [0, 0.05) is 6.20 Å². The van der Waals surface area contributed by atoms with Crippen LogP contribution in [0.15, 0.2) is 55.0 Å². The smallest absolute Gasteiger partial charge is 0.219 e. The molecule has 0 unspecified atom stereocenters. The lowest BCUT2D eigenvalue weighted by Gasteiger charge is -1.97. The molecule has 0 atom stereocenters. The number of carbonyl (C=O) groups excluding carboxylic acids is 1. The van der Waals surface area contributed by atoms with Gasteiger partial charge in [0.2, 0.25) is 6.41 Å². The first-order chi connectivity index (χ1) is 7.42. The molecule has 3 heteroatoms. The fraction of sp³-hybridized carbons (Fsp3) is 0. The van der Waals surface area contributed by atoms with E-state index in [0.717, 1.165) is 17.3 Å². The highest BCUT2D eigenvalue weighted by molar-refractivity contribution is 5.82. The minimum atomic E-state index is 0.745. The van der Waals surface area contributed by atoms with Gasteiger partial charge in [-0.2, -0.15) is 0 Å². The van der Waals surface area contributed by atoms with E-state index >= 15 is 0 Å². The fourth-order valence-electron chi connectivity index (χ4n) is 1.38. The molecule has 3 nitrogen and oxygen atoms in total. The average molecular weight is 198 g/mol. The van der Waals surface area contributed by atoms with Gasteiger partial charge in [0.05, 0.1) is 5.52 Å². The third-order valence-electron chi connectivity index (χ3n) is 2.08. The maximum Gasteiger partial charge on any atom is 0.219 e. The van der Waals surface area contributed by atoms with Gasteiger partial charge in [-0.3, -0.25) is 9.36 Å². The number of carbonyl (C=O) groups is 1. The first-order valence-electron chi connectivity index (χ1n) is 4.61. The Labute approximate surface area is 87.3 Å². The molecule has 74 valence electrons. The van der Waals surface area contributed by atoms with Crippen LogP contribution in [-0.2, 0) is 4.79 Å². The molecular formula is C12H10N2O. The first kappa shape index (κ1) is 9.40. The van der Waals surface area contributed by atoms with Crippen molar-refractivity contribution in [3.8, 4) is 0 Å². The van der Waals surface area contributed by atoms with Crippen molar-refractivity contribution in [2.24, 2.45) is 0 Å². The van der Waals surface area contributed by atoms with E-state index in [4.69, 9.17) is 0 Å². The van der Waals surface area contributed by atoms with Crippen LogP contribution in [-0.4, -0.2) is 16.0 Å². The predicted octanol–water partition coefficient (Wildman–Crippen LogP) is 2.20. The van der Waals surface area contributed by atoms with Gasteiger partial charge in [-0.1, -0.05) is 30.3 Å². The van der Waals surface area contributed by atoms with Crippen molar-refractivity contribution in [3.05, 3.63) is 55.0 Å². The molecule has 2 rings (SSSR count). The van der Waals surface area contributed by atoms with E-state index in [1.165, 1.54) is 10.9 Å². The minimum Gasteiger partial charge on any atom is -0.278 e. The summed E-state index contributed by atoms with van der Waals surface area (Å²) in [6.45, 7) is 0. The molecule has 15 heavy (non-hydrogen) atoms. The molecule has 2 aromatic rings. The molecule has 0 saturated heterocycles. The average Bonchev–Trinajstić information content (AvgIpc) is 2.38. The third-order valence-corrected chi connectivity index (χ3v) is 2.08. The summed E-state index contributed by atoms with van der Waals surface area (Å²) in [5, 5.41) is 0.989. The predicted molar refractivity (Wildman–Crippen MR) is 59.5 cm³/mol. The van der Waals surface area contributed by atoms with Crippen LogP contribution in [0.4, 0.5) is 0 Å². The van der Waals surface area contributed by atoms with Crippen molar-refractivity contribution in [3.63, 3.8) is 0 Å². The molecule has 0 fully saturated rings. The van der Waals surface area contributed by atoms with Crippen LogP contribution < -0.4 is 0 Å². The van der Waals surface area contributed by atoms with E-state index in [2.05, 4.69) is 4.98 Å². The molecule has 1 aromatic carbocycles. The number of aromatic nitrogens is 2. The van der Waals surface area contributed by atoms with Crippen molar-refractivity contribution in [1.82, 2.24) is 9.55 Å². The topological polar surface area (TPSA) is 34.9 Å². The summed E-state index contributed by atoms with van der Waals surface area (Å²) < 4.78 is 1.45. The Kier molecular flexibility index (Phi) is 2.74. The van der Waals surface area contributed by atoms with E-state index in [0.29, 0.717) is 0 Å². The van der Waals surface area contributed by atoms with Crippen LogP contribution in [0.2, 0.25) is 0 Å². The first-order valence-corrected chi connectivity index (χ1v) is 4.61. The van der Waals surface area contributed by atoms with Gasteiger partial charge in [-0.05, 0) is 17.5 Å². The van der Waals surface area contributed by atoms with E-state index < -0.39 is 0 Å². The molecule has 0 amide bonds. The Morgan fingerprint density at radius 3 is 2.60 bits per heavy atom. The van der Waals surface area contributed by atoms with Gasteiger partial charge in [0.25, 0.3) is 0 Å². The molecule has 1 aromatic heterocycles. The molecule has 0 aliphatic carbocycles. The summed E-state index contributed by atoms with van der Waals surface area (Å²) in [5.74, 6) is 0. The molecule has 0 bridgehead atoms. The van der Waals surface area contributed by atoms with Crippen molar-refractivity contribution >= 4 is 17.3 Å². The summed E-state index contributed by atoms with van der Waals surface area (Å²) in [4.78, 5) is 14.9. The highest BCUT2D eigenvalue weighted by Crippen LogP contribution is 2.08. The Bertz CT molecular complexity index is 530. The number of hydrogen-bond donors (Lipinski definition) is 0. The molecule has 1 heterocycles. The molecule has 0 N–H and O–H groups in total. The summed E-state index contributed by atoms with van der Waals surface area (Å²) in [6, 6.07) is 13.3. The Hall–Kier alpha value is -2.16. The lowest BCUT2D eigenvalue weighted by atomic mass is 10.2. The van der Waals surface area contributed by atoms with Crippen molar-refractivity contribution in [2.75, 3.05) is 0 Å². The quantitative estimate of drug-likeness (QED) is 0.658. The maximum atomic E-state index is 10.9. The monoisotopic (exact) mass is 198 g/mol. The lowest BCUT2D eigenvalue weighted by Crippen LogP contribution is -1.95. The Morgan fingerprint density at radius 1 is 1.07 bits per heavy atom. The van der Waals surface area contributed by atoms with Gasteiger partial charge < -0.3 is 0 Å². The second kappa shape index (κ2) is 4.37. The number of hydrogen-bond acceptors (Lipinski definition) is 2. The Balaban J connectivity index is 2.93. The van der Waals surface area contributed by atoms with E-state index in [1.807, 2.05) is 42.5 Å². The zero-order valence-corrected chi connectivity index (χ0v) is 8.08. The third kappa shape index (κ3) is 2.02. The van der Waals surface area contributed by atoms with Crippen LogP contribution in [0.25, 0.3) is 10.9 Å². The van der Waals surface area contributed by atoms with Gasteiger partial charge in [-0.15, -0.1) is 0 Å². The zero-order chi connectivity index (χ0) is 10.5. The molecule has 0 spiro atoms. The molecular weight excluding hydrogens is 188 g/mol. The second-order valence-electron chi connectivity index (χ2n) is 3.04. The summed E-state index contributed by atoms with van der Waals surface area (Å²) >= 11 is 0. The number of rotatable bonds is 1. The fourth-order valence-corrected chi connectivity index (χ4v) is 1.38. The number of nitrogens with zero attached hydrogens (tertiary/aromatic N) is 2.